The van der Waals surface area contributed by atoms with Gasteiger partial charge in [-0.05, 0) is 31.0 Å². The van der Waals surface area contributed by atoms with Crippen molar-refractivity contribution in [3.63, 3.8) is 0 Å². The molecule has 0 radical (unpaired) electrons. The number of anilines is 1. The maximum Gasteiger partial charge on any atom is 0.256 e. The van der Waals surface area contributed by atoms with E-state index in [9.17, 15) is 9.59 Å². The first kappa shape index (κ1) is 12.7. The minimum atomic E-state index is -0.535. The molecule has 2 rings (SSSR count). The maximum absolute atomic E-state index is 12.3. The van der Waals surface area contributed by atoms with Crippen LogP contribution >= 0.6 is 11.6 Å². The fourth-order valence-corrected chi connectivity index (χ4v) is 2.37. The lowest BCUT2D eigenvalue weighted by molar-refractivity contribution is -0.121. The van der Waals surface area contributed by atoms with Crippen molar-refractivity contribution in [2.24, 2.45) is 5.73 Å². The van der Waals surface area contributed by atoms with Crippen LogP contribution in [0, 0.1) is 0 Å². The normalized spacial score (nSPS) is 18.9. The van der Waals surface area contributed by atoms with Crippen molar-refractivity contribution in [3.8, 4) is 0 Å². The number of carbonyl (C=O) groups is 2. The smallest absolute Gasteiger partial charge is 0.256 e. The second-order valence-electron chi connectivity index (χ2n) is 4.29. The van der Waals surface area contributed by atoms with E-state index in [4.69, 9.17) is 23.1 Å². The van der Waals surface area contributed by atoms with Crippen molar-refractivity contribution in [2.75, 3.05) is 12.3 Å². The van der Waals surface area contributed by atoms with Crippen molar-refractivity contribution in [3.05, 3.63) is 28.8 Å². The third-order valence-corrected chi connectivity index (χ3v) is 3.32. The summed E-state index contributed by atoms with van der Waals surface area (Å²) in [5, 5.41) is 0.469. The molecule has 0 aromatic heterocycles. The molecular weight excluding hydrogens is 254 g/mol. The molecule has 1 fully saturated rings. The highest BCUT2D eigenvalue weighted by Gasteiger charge is 2.33. The molecule has 1 aromatic carbocycles. The van der Waals surface area contributed by atoms with E-state index < -0.39 is 11.9 Å². The molecule has 0 spiro atoms. The van der Waals surface area contributed by atoms with Gasteiger partial charge in [-0.3, -0.25) is 9.59 Å². The summed E-state index contributed by atoms with van der Waals surface area (Å²) >= 11 is 5.78. The summed E-state index contributed by atoms with van der Waals surface area (Å²) < 4.78 is 0. The molecule has 1 atom stereocenters. The summed E-state index contributed by atoms with van der Waals surface area (Å²) in [4.78, 5) is 25.0. The highest BCUT2D eigenvalue weighted by atomic mass is 35.5. The zero-order valence-electron chi connectivity index (χ0n) is 9.73. The molecule has 1 aliphatic rings. The van der Waals surface area contributed by atoms with Gasteiger partial charge in [-0.1, -0.05) is 11.6 Å². The SMILES string of the molecule is NC(=O)C1CCCN1C(=O)c1ccc(Cl)cc1N. The van der Waals surface area contributed by atoms with Gasteiger partial charge in [0.25, 0.3) is 5.91 Å². The van der Waals surface area contributed by atoms with E-state index in [0.717, 1.165) is 6.42 Å². The van der Waals surface area contributed by atoms with Gasteiger partial charge >= 0.3 is 0 Å². The molecule has 5 nitrogen and oxygen atoms in total. The van der Waals surface area contributed by atoms with Crippen LogP contribution in [-0.2, 0) is 4.79 Å². The highest BCUT2D eigenvalue weighted by molar-refractivity contribution is 6.31. The molecule has 1 saturated heterocycles. The van der Waals surface area contributed by atoms with Gasteiger partial charge in [0, 0.05) is 17.3 Å². The molecule has 0 saturated carbocycles. The molecule has 1 aromatic rings. The molecule has 96 valence electrons. The van der Waals surface area contributed by atoms with Gasteiger partial charge in [0.2, 0.25) is 5.91 Å². The fourth-order valence-electron chi connectivity index (χ4n) is 2.19. The topological polar surface area (TPSA) is 89.4 Å². The van der Waals surface area contributed by atoms with E-state index in [1.54, 1.807) is 12.1 Å². The van der Waals surface area contributed by atoms with Crippen LogP contribution in [0.5, 0.6) is 0 Å². The van der Waals surface area contributed by atoms with Gasteiger partial charge in [-0.2, -0.15) is 0 Å². The van der Waals surface area contributed by atoms with Crippen LogP contribution in [0.3, 0.4) is 0 Å². The third-order valence-electron chi connectivity index (χ3n) is 3.09. The van der Waals surface area contributed by atoms with E-state index in [1.807, 2.05) is 0 Å². The predicted octanol–water partition coefficient (Wildman–Crippen LogP) is 1.01. The maximum atomic E-state index is 12.3. The Morgan fingerprint density at radius 3 is 2.72 bits per heavy atom. The molecule has 18 heavy (non-hydrogen) atoms. The zero-order valence-corrected chi connectivity index (χ0v) is 10.5. The van der Waals surface area contributed by atoms with Crippen LogP contribution in [0.15, 0.2) is 18.2 Å². The number of hydrogen-bond acceptors (Lipinski definition) is 3. The number of nitrogens with zero attached hydrogens (tertiary/aromatic N) is 1. The number of rotatable bonds is 2. The lowest BCUT2D eigenvalue weighted by Crippen LogP contribution is -2.43. The number of nitrogen functional groups attached to an aromatic ring is 1. The predicted molar refractivity (Wildman–Crippen MR) is 69.1 cm³/mol. The Morgan fingerprint density at radius 2 is 2.11 bits per heavy atom. The molecule has 6 heteroatoms. The summed E-state index contributed by atoms with van der Waals surface area (Å²) in [5.74, 6) is -0.751. The number of carbonyl (C=O) groups excluding carboxylic acids is 2. The Balaban J connectivity index is 2.28. The van der Waals surface area contributed by atoms with E-state index in [2.05, 4.69) is 0 Å². The van der Waals surface area contributed by atoms with Crippen molar-refractivity contribution >= 4 is 29.1 Å². The first-order valence-electron chi connectivity index (χ1n) is 5.66. The van der Waals surface area contributed by atoms with Crippen molar-refractivity contribution in [1.82, 2.24) is 4.90 Å². The van der Waals surface area contributed by atoms with Crippen molar-refractivity contribution < 1.29 is 9.59 Å². The Labute approximate surface area is 110 Å². The average molecular weight is 268 g/mol. The minimum Gasteiger partial charge on any atom is -0.398 e. The first-order valence-corrected chi connectivity index (χ1v) is 6.04. The van der Waals surface area contributed by atoms with Crippen LogP contribution in [0.2, 0.25) is 5.02 Å². The van der Waals surface area contributed by atoms with Crippen molar-refractivity contribution in [2.45, 2.75) is 18.9 Å². The van der Waals surface area contributed by atoms with E-state index in [-0.39, 0.29) is 5.91 Å². The van der Waals surface area contributed by atoms with E-state index in [1.165, 1.54) is 11.0 Å². The van der Waals surface area contributed by atoms with Crippen LogP contribution in [0.4, 0.5) is 5.69 Å². The van der Waals surface area contributed by atoms with E-state index in [0.29, 0.717) is 29.2 Å². The Morgan fingerprint density at radius 1 is 1.39 bits per heavy atom. The van der Waals surface area contributed by atoms with Gasteiger partial charge in [0.1, 0.15) is 6.04 Å². The number of halogens is 1. The zero-order chi connectivity index (χ0) is 13.3. The van der Waals surface area contributed by atoms with Crippen LogP contribution in [-0.4, -0.2) is 29.3 Å². The van der Waals surface area contributed by atoms with Gasteiger partial charge in [-0.15, -0.1) is 0 Å². The molecule has 0 aliphatic carbocycles. The van der Waals surface area contributed by atoms with Gasteiger partial charge in [0.05, 0.1) is 5.56 Å². The average Bonchev–Trinajstić information content (AvgIpc) is 2.77. The molecule has 1 heterocycles. The third kappa shape index (κ3) is 2.26. The van der Waals surface area contributed by atoms with Gasteiger partial charge in [0.15, 0.2) is 0 Å². The Bertz CT molecular complexity index is 504. The Hall–Kier alpha value is -1.75. The molecule has 1 unspecified atom stereocenters. The summed E-state index contributed by atoms with van der Waals surface area (Å²) in [6.07, 6.45) is 1.38. The first-order chi connectivity index (χ1) is 8.50. The lowest BCUT2D eigenvalue weighted by atomic mass is 10.1. The molecule has 0 bridgehead atoms. The molecule has 1 aliphatic heterocycles. The summed E-state index contributed by atoms with van der Waals surface area (Å²) in [5.41, 5.74) is 11.7. The standard InChI is InChI=1S/C12H14ClN3O2/c13-7-3-4-8(9(14)6-7)12(18)16-5-1-2-10(16)11(15)17/h3-4,6,10H,1-2,5,14H2,(H2,15,17). The largest absolute Gasteiger partial charge is 0.398 e. The van der Waals surface area contributed by atoms with Crippen LogP contribution < -0.4 is 11.5 Å². The summed E-state index contributed by atoms with van der Waals surface area (Å²) in [6.45, 7) is 0.522. The quantitative estimate of drug-likeness (QED) is 0.784. The second kappa shape index (κ2) is 4.86. The van der Waals surface area contributed by atoms with Gasteiger partial charge in [-0.25, -0.2) is 0 Å². The molecule has 4 N–H and O–H groups in total. The summed E-state index contributed by atoms with van der Waals surface area (Å²) in [6, 6.07) is 4.15. The number of nitrogens with two attached hydrogens (primary N) is 2. The summed E-state index contributed by atoms with van der Waals surface area (Å²) in [7, 11) is 0. The minimum absolute atomic E-state index is 0.273. The lowest BCUT2D eigenvalue weighted by Gasteiger charge is -2.22. The molecule has 2 amide bonds. The number of likely N-dealkylation sites (tertiary alicyclic amines) is 1. The number of hydrogen-bond donors (Lipinski definition) is 2. The number of benzene rings is 1. The molecular formula is C12H14ClN3O2. The highest BCUT2D eigenvalue weighted by Crippen LogP contribution is 2.24. The number of amides is 2. The van der Waals surface area contributed by atoms with Crippen LogP contribution in [0.1, 0.15) is 23.2 Å². The van der Waals surface area contributed by atoms with Crippen molar-refractivity contribution in [1.29, 1.82) is 0 Å². The van der Waals surface area contributed by atoms with Crippen LogP contribution in [0.25, 0.3) is 0 Å². The fraction of sp³-hybridized carbons (Fsp3) is 0.333. The monoisotopic (exact) mass is 267 g/mol. The second-order valence-corrected chi connectivity index (χ2v) is 4.73. The van der Waals surface area contributed by atoms with Gasteiger partial charge < -0.3 is 16.4 Å². The van der Waals surface area contributed by atoms with E-state index >= 15 is 0 Å². The Kier molecular flexibility index (Phi) is 3.43. The number of primary amides is 1.